The van der Waals surface area contributed by atoms with Gasteiger partial charge in [-0.25, -0.2) is 0 Å². The normalized spacial score (nSPS) is 20.4. The summed E-state index contributed by atoms with van der Waals surface area (Å²) in [5.74, 6) is -0.287. The van der Waals surface area contributed by atoms with Gasteiger partial charge in [0.1, 0.15) is 0 Å². The van der Waals surface area contributed by atoms with Crippen molar-refractivity contribution in [3.63, 3.8) is 0 Å². The van der Waals surface area contributed by atoms with Gasteiger partial charge in [-0.05, 0) is 44.9 Å². The summed E-state index contributed by atoms with van der Waals surface area (Å²) < 4.78 is 0. The maximum atomic E-state index is 10.4. The van der Waals surface area contributed by atoms with Crippen LogP contribution in [0.25, 0.3) is 0 Å². The number of carboxylic acid groups (broad SMARTS) is 1. The lowest BCUT2D eigenvalue weighted by Crippen LogP contribution is -2.38. The molecule has 1 aliphatic rings. The molecule has 0 saturated carbocycles. The molecule has 3 N–H and O–H groups in total. The maximum absolute atomic E-state index is 10.4. The monoisotopic (exact) mass is 244 g/mol. The molecule has 0 aromatic rings. The van der Waals surface area contributed by atoms with Crippen LogP contribution < -0.4 is 5.32 Å². The Kier molecular flexibility index (Phi) is 6.47. The number of aliphatic hydroxyl groups excluding tert-OH is 1. The van der Waals surface area contributed by atoms with Gasteiger partial charge in [-0.15, -0.1) is 0 Å². The number of carboxylic acids is 1. The smallest absolute Gasteiger partial charge is 0.306 e. The number of likely N-dealkylation sites (tertiary alicyclic amines) is 1. The Morgan fingerprint density at radius 1 is 1.47 bits per heavy atom. The first-order valence-corrected chi connectivity index (χ1v) is 6.44. The summed E-state index contributed by atoms with van der Waals surface area (Å²) in [7, 11) is 0. The molecular weight excluding hydrogens is 220 g/mol. The van der Waals surface area contributed by atoms with Crippen LogP contribution in [0.4, 0.5) is 0 Å². The Morgan fingerprint density at radius 2 is 2.12 bits per heavy atom. The van der Waals surface area contributed by atoms with Crippen molar-refractivity contribution in [1.29, 1.82) is 0 Å². The van der Waals surface area contributed by atoms with Crippen molar-refractivity contribution in [2.45, 2.75) is 32.3 Å². The van der Waals surface area contributed by atoms with Crippen LogP contribution in [0.5, 0.6) is 0 Å². The Bertz CT molecular complexity index is 228. The molecule has 1 aliphatic heterocycles. The quantitative estimate of drug-likeness (QED) is 0.594. The second-order valence-electron chi connectivity index (χ2n) is 4.79. The lowest BCUT2D eigenvalue weighted by molar-refractivity contribution is -0.139. The van der Waals surface area contributed by atoms with Crippen molar-refractivity contribution in [2.24, 2.45) is 5.92 Å². The molecule has 0 aromatic heterocycles. The molecule has 1 unspecified atom stereocenters. The van der Waals surface area contributed by atoms with E-state index in [-0.39, 0.29) is 6.42 Å². The number of aliphatic carboxylic acids is 1. The molecule has 0 aromatic carbocycles. The molecule has 1 fully saturated rings. The van der Waals surface area contributed by atoms with Gasteiger partial charge in [0.2, 0.25) is 0 Å². The number of hydrogen-bond acceptors (Lipinski definition) is 4. The number of rotatable bonds is 7. The molecule has 5 nitrogen and oxygen atoms in total. The van der Waals surface area contributed by atoms with Crippen LogP contribution in [0, 0.1) is 5.92 Å². The van der Waals surface area contributed by atoms with Crippen molar-refractivity contribution in [3.05, 3.63) is 0 Å². The second kappa shape index (κ2) is 7.63. The van der Waals surface area contributed by atoms with Crippen LogP contribution >= 0.6 is 0 Å². The highest BCUT2D eigenvalue weighted by atomic mass is 16.4. The molecule has 1 heterocycles. The van der Waals surface area contributed by atoms with Gasteiger partial charge in [0.25, 0.3) is 0 Å². The minimum Gasteiger partial charge on any atom is -0.481 e. The molecule has 0 aliphatic carbocycles. The third-order valence-electron chi connectivity index (χ3n) is 3.38. The lowest BCUT2D eigenvalue weighted by Gasteiger charge is -2.31. The van der Waals surface area contributed by atoms with E-state index < -0.39 is 12.1 Å². The van der Waals surface area contributed by atoms with Crippen molar-refractivity contribution in [3.8, 4) is 0 Å². The van der Waals surface area contributed by atoms with E-state index in [0.717, 1.165) is 26.2 Å². The fraction of sp³-hybridized carbons (Fsp3) is 0.917. The van der Waals surface area contributed by atoms with Crippen LogP contribution in [0.1, 0.15) is 26.2 Å². The van der Waals surface area contributed by atoms with Crippen LogP contribution in [0.15, 0.2) is 0 Å². The largest absolute Gasteiger partial charge is 0.481 e. The predicted molar refractivity (Wildman–Crippen MR) is 66.0 cm³/mol. The molecule has 100 valence electrons. The fourth-order valence-corrected chi connectivity index (χ4v) is 2.23. The molecule has 0 spiro atoms. The van der Waals surface area contributed by atoms with Crippen molar-refractivity contribution in [1.82, 2.24) is 10.2 Å². The summed E-state index contributed by atoms with van der Waals surface area (Å²) in [5.41, 5.74) is 0. The van der Waals surface area contributed by atoms with E-state index in [1.165, 1.54) is 12.8 Å². The number of nitrogens with zero attached hydrogens (tertiary/aromatic N) is 1. The van der Waals surface area contributed by atoms with Gasteiger partial charge in [0.05, 0.1) is 12.5 Å². The van der Waals surface area contributed by atoms with Gasteiger partial charge < -0.3 is 20.4 Å². The SMILES string of the molecule is CCN1CCC(CNCC(O)CC(=O)O)CC1. The van der Waals surface area contributed by atoms with Crippen LogP contribution in [-0.4, -0.2) is 59.9 Å². The zero-order valence-electron chi connectivity index (χ0n) is 10.6. The first kappa shape index (κ1) is 14.4. The zero-order chi connectivity index (χ0) is 12.7. The summed E-state index contributed by atoms with van der Waals surface area (Å²) in [6.07, 6.45) is 1.43. The molecule has 0 amide bonds. The first-order valence-electron chi connectivity index (χ1n) is 6.44. The summed E-state index contributed by atoms with van der Waals surface area (Å²) in [4.78, 5) is 12.8. The Hall–Kier alpha value is -0.650. The Labute approximate surface area is 103 Å². The predicted octanol–water partition coefficient (Wildman–Crippen LogP) is 0.143. The van der Waals surface area contributed by atoms with Gasteiger partial charge in [0, 0.05) is 6.54 Å². The van der Waals surface area contributed by atoms with E-state index in [0.29, 0.717) is 12.5 Å². The molecule has 1 saturated heterocycles. The van der Waals surface area contributed by atoms with Crippen LogP contribution in [-0.2, 0) is 4.79 Å². The second-order valence-corrected chi connectivity index (χ2v) is 4.79. The van der Waals surface area contributed by atoms with Crippen molar-refractivity contribution < 1.29 is 15.0 Å². The first-order chi connectivity index (χ1) is 8.11. The third kappa shape index (κ3) is 6.00. The Morgan fingerprint density at radius 3 is 2.65 bits per heavy atom. The number of aliphatic hydroxyl groups is 1. The van der Waals surface area contributed by atoms with Crippen molar-refractivity contribution in [2.75, 3.05) is 32.7 Å². The molecule has 1 atom stereocenters. The lowest BCUT2D eigenvalue weighted by atomic mass is 9.97. The highest BCUT2D eigenvalue weighted by molar-refractivity contribution is 5.67. The molecule has 17 heavy (non-hydrogen) atoms. The highest BCUT2D eigenvalue weighted by Gasteiger charge is 2.18. The minimum absolute atomic E-state index is 0.179. The topological polar surface area (TPSA) is 72.8 Å². The Balaban J connectivity index is 2.05. The third-order valence-corrected chi connectivity index (χ3v) is 3.38. The number of nitrogens with one attached hydrogen (secondary N) is 1. The molecule has 0 radical (unpaired) electrons. The van der Waals surface area contributed by atoms with Crippen molar-refractivity contribution >= 4 is 5.97 Å². The van der Waals surface area contributed by atoms with E-state index in [4.69, 9.17) is 5.11 Å². The van der Waals surface area contributed by atoms with E-state index in [1.54, 1.807) is 0 Å². The zero-order valence-corrected chi connectivity index (χ0v) is 10.6. The summed E-state index contributed by atoms with van der Waals surface area (Å²) in [5, 5.41) is 21.0. The average molecular weight is 244 g/mol. The molecular formula is C12H24N2O3. The molecule has 0 bridgehead atoms. The molecule has 5 heteroatoms. The van der Waals surface area contributed by atoms with Crippen LogP contribution in [0.2, 0.25) is 0 Å². The molecule has 1 rings (SSSR count). The van der Waals surface area contributed by atoms with E-state index >= 15 is 0 Å². The van der Waals surface area contributed by atoms with Gasteiger partial charge in [0.15, 0.2) is 0 Å². The van der Waals surface area contributed by atoms with E-state index in [2.05, 4.69) is 17.1 Å². The standard InChI is InChI=1S/C12H24N2O3/c1-2-14-5-3-10(4-6-14)8-13-9-11(15)7-12(16)17/h10-11,13,15H,2-9H2,1H3,(H,16,17). The van der Waals surface area contributed by atoms with Gasteiger partial charge >= 0.3 is 5.97 Å². The van der Waals surface area contributed by atoms with Gasteiger partial charge in [-0.1, -0.05) is 6.92 Å². The fourth-order valence-electron chi connectivity index (χ4n) is 2.23. The summed E-state index contributed by atoms with van der Waals surface area (Å²) in [6.45, 7) is 6.87. The minimum atomic E-state index is -0.949. The van der Waals surface area contributed by atoms with Gasteiger partial charge in [-0.2, -0.15) is 0 Å². The highest BCUT2D eigenvalue weighted by Crippen LogP contribution is 2.15. The summed E-state index contributed by atoms with van der Waals surface area (Å²) >= 11 is 0. The number of carbonyl (C=O) groups is 1. The summed E-state index contributed by atoms with van der Waals surface area (Å²) in [6, 6.07) is 0. The van der Waals surface area contributed by atoms with Crippen LogP contribution in [0.3, 0.4) is 0 Å². The average Bonchev–Trinajstić information content (AvgIpc) is 2.29. The van der Waals surface area contributed by atoms with E-state index in [9.17, 15) is 9.90 Å². The van der Waals surface area contributed by atoms with E-state index in [1.807, 2.05) is 0 Å². The van der Waals surface area contributed by atoms with Gasteiger partial charge in [-0.3, -0.25) is 4.79 Å². The number of hydrogen-bond donors (Lipinski definition) is 3. The maximum Gasteiger partial charge on any atom is 0.306 e. The number of piperidine rings is 1.